The van der Waals surface area contributed by atoms with E-state index in [-0.39, 0.29) is 0 Å². The van der Waals surface area contributed by atoms with Gasteiger partial charge in [0.2, 0.25) is 5.95 Å². The van der Waals surface area contributed by atoms with Crippen LogP contribution in [0.4, 0.5) is 5.95 Å². The van der Waals surface area contributed by atoms with Gasteiger partial charge in [-0.05, 0) is 53.0 Å². The van der Waals surface area contributed by atoms with Crippen molar-refractivity contribution in [1.29, 1.82) is 0 Å². The van der Waals surface area contributed by atoms with Gasteiger partial charge in [-0.3, -0.25) is 4.57 Å². The summed E-state index contributed by atoms with van der Waals surface area (Å²) in [4.78, 5) is 8.83. The topological polar surface area (TPSA) is 56.7 Å². The summed E-state index contributed by atoms with van der Waals surface area (Å²) in [6.45, 7) is 4.05. The number of anilines is 1. The lowest BCUT2D eigenvalue weighted by molar-refractivity contribution is 1.07. The zero-order valence-electron chi connectivity index (χ0n) is 10.7. The van der Waals surface area contributed by atoms with E-state index >= 15 is 0 Å². The van der Waals surface area contributed by atoms with Crippen LogP contribution < -0.4 is 5.73 Å². The van der Waals surface area contributed by atoms with Gasteiger partial charge in [-0.2, -0.15) is 0 Å². The Labute approximate surface area is 119 Å². The summed E-state index contributed by atoms with van der Waals surface area (Å²) in [7, 11) is 0. The fourth-order valence-corrected chi connectivity index (χ4v) is 2.59. The van der Waals surface area contributed by atoms with E-state index in [4.69, 9.17) is 5.73 Å². The van der Waals surface area contributed by atoms with E-state index in [1.54, 1.807) is 6.20 Å². The molecule has 0 unspecified atom stereocenters. The number of nitrogens with zero attached hydrogens (tertiary/aromatic N) is 3. The molecule has 2 aromatic heterocycles. The molecule has 0 saturated carbocycles. The van der Waals surface area contributed by atoms with Gasteiger partial charge >= 0.3 is 0 Å². The SMILES string of the molecule is Cc1cccc(-n2c(N)nc3c(C)ccnc32)c1Br. The standard InChI is InChI=1S/C14H13BrN4/c1-8-4-3-5-10(11(8)15)19-13-12(18-14(19)16)9(2)6-7-17-13/h3-7H,1-2H3,(H2,16,18). The van der Waals surface area contributed by atoms with E-state index in [1.165, 1.54) is 0 Å². The highest BCUT2D eigenvalue weighted by Crippen LogP contribution is 2.30. The molecule has 0 spiro atoms. The van der Waals surface area contributed by atoms with Crippen LogP contribution in [-0.2, 0) is 0 Å². The largest absolute Gasteiger partial charge is 0.369 e. The number of pyridine rings is 1. The molecular formula is C14H13BrN4. The van der Waals surface area contributed by atoms with E-state index in [2.05, 4.69) is 25.9 Å². The number of nitrogen functional groups attached to an aromatic ring is 1. The number of hydrogen-bond donors (Lipinski definition) is 1. The van der Waals surface area contributed by atoms with Crippen molar-refractivity contribution in [2.45, 2.75) is 13.8 Å². The summed E-state index contributed by atoms with van der Waals surface area (Å²) >= 11 is 3.61. The molecule has 2 N–H and O–H groups in total. The maximum atomic E-state index is 6.06. The third-order valence-electron chi connectivity index (χ3n) is 3.19. The van der Waals surface area contributed by atoms with Crippen LogP contribution in [0.25, 0.3) is 16.9 Å². The third-order valence-corrected chi connectivity index (χ3v) is 4.22. The zero-order chi connectivity index (χ0) is 13.6. The first-order chi connectivity index (χ1) is 9.09. The van der Waals surface area contributed by atoms with Crippen molar-refractivity contribution in [3.05, 3.63) is 46.1 Å². The Bertz CT molecular complexity index is 776. The van der Waals surface area contributed by atoms with Gasteiger partial charge in [0.1, 0.15) is 5.52 Å². The van der Waals surface area contributed by atoms with E-state index in [9.17, 15) is 0 Å². The number of imidazole rings is 1. The van der Waals surface area contributed by atoms with Crippen LogP contribution in [0.1, 0.15) is 11.1 Å². The summed E-state index contributed by atoms with van der Waals surface area (Å²) in [6.07, 6.45) is 1.78. The van der Waals surface area contributed by atoms with Crippen molar-refractivity contribution >= 4 is 33.0 Å². The summed E-state index contributed by atoms with van der Waals surface area (Å²) in [5, 5.41) is 0. The van der Waals surface area contributed by atoms with E-state index in [0.29, 0.717) is 5.95 Å². The van der Waals surface area contributed by atoms with Crippen molar-refractivity contribution in [2.24, 2.45) is 0 Å². The molecule has 1 aromatic carbocycles. The van der Waals surface area contributed by atoms with Crippen molar-refractivity contribution in [2.75, 3.05) is 5.73 Å². The van der Waals surface area contributed by atoms with Crippen molar-refractivity contribution < 1.29 is 0 Å². The highest BCUT2D eigenvalue weighted by molar-refractivity contribution is 9.10. The molecule has 0 saturated heterocycles. The molecule has 19 heavy (non-hydrogen) atoms. The Morgan fingerprint density at radius 3 is 2.74 bits per heavy atom. The molecule has 3 aromatic rings. The average molecular weight is 317 g/mol. The molecule has 0 radical (unpaired) electrons. The second kappa shape index (κ2) is 4.35. The highest BCUT2D eigenvalue weighted by Gasteiger charge is 2.15. The number of aromatic nitrogens is 3. The minimum atomic E-state index is 0.447. The Balaban J connectivity index is 2.40. The van der Waals surface area contributed by atoms with Gasteiger partial charge in [-0.15, -0.1) is 0 Å². The van der Waals surface area contributed by atoms with Crippen LogP contribution in [0.3, 0.4) is 0 Å². The number of fused-ring (bicyclic) bond motifs is 1. The normalized spacial score (nSPS) is 11.1. The lowest BCUT2D eigenvalue weighted by atomic mass is 10.2. The van der Waals surface area contributed by atoms with E-state index in [0.717, 1.165) is 32.5 Å². The Kier molecular flexibility index (Phi) is 2.78. The first-order valence-corrected chi connectivity index (χ1v) is 6.74. The minimum Gasteiger partial charge on any atom is -0.369 e. The van der Waals surface area contributed by atoms with Crippen molar-refractivity contribution in [3.63, 3.8) is 0 Å². The number of nitrogens with two attached hydrogens (primary N) is 1. The fraction of sp³-hybridized carbons (Fsp3) is 0.143. The molecule has 0 aliphatic carbocycles. The van der Waals surface area contributed by atoms with E-state index in [1.807, 2.05) is 42.7 Å². The zero-order valence-corrected chi connectivity index (χ0v) is 12.3. The van der Waals surface area contributed by atoms with Gasteiger partial charge in [-0.1, -0.05) is 12.1 Å². The van der Waals surface area contributed by atoms with Gasteiger partial charge < -0.3 is 5.73 Å². The predicted octanol–water partition coefficient (Wildman–Crippen LogP) is 3.38. The Morgan fingerprint density at radius 1 is 1.16 bits per heavy atom. The number of aryl methyl sites for hydroxylation is 2. The number of hydrogen-bond acceptors (Lipinski definition) is 3. The van der Waals surface area contributed by atoms with Gasteiger partial charge in [-0.25, -0.2) is 9.97 Å². The van der Waals surface area contributed by atoms with Gasteiger partial charge in [0.25, 0.3) is 0 Å². The second-order valence-corrected chi connectivity index (χ2v) is 5.31. The molecule has 96 valence electrons. The van der Waals surface area contributed by atoms with Crippen LogP contribution in [0.5, 0.6) is 0 Å². The summed E-state index contributed by atoms with van der Waals surface area (Å²) < 4.78 is 2.88. The molecule has 0 fully saturated rings. The third kappa shape index (κ3) is 1.81. The maximum Gasteiger partial charge on any atom is 0.207 e. The molecule has 0 atom stereocenters. The van der Waals surface area contributed by atoms with Gasteiger partial charge in [0, 0.05) is 10.7 Å². The summed E-state index contributed by atoms with van der Waals surface area (Å²) in [5.74, 6) is 0.447. The van der Waals surface area contributed by atoms with Crippen molar-refractivity contribution in [1.82, 2.24) is 14.5 Å². The maximum absolute atomic E-state index is 6.06. The summed E-state index contributed by atoms with van der Waals surface area (Å²) in [5.41, 5.74) is 10.9. The smallest absolute Gasteiger partial charge is 0.207 e. The molecule has 0 amide bonds. The molecular weight excluding hydrogens is 304 g/mol. The average Bonchev–Trinajstić information content (AvgIpc) is 2.71. The number of rotatable bonds is 1. The molecule has 5 heteroatoms. The predicted molar refractivity (Wildman–Crippen MR) is 80.5 cm³/mol. The number of benzene rings is 1. The highest BCUT2D eigenvalue weighted by atomic mass is 79.9. The molecule has 0 aliphatic rings. The molecule has 2 heterocycles. The van der Waals surface area contributed by atoms with Crippen LogP contribution in [0.15, 0.2) is 34.9 Å². The molecule has 0 bridgehead atoms. The molecule has 0 aliphatic heterocycles. The van der Waals surface area contributed by atoms with Crippen LogP contribution in [0.2, 0.25) is 0 Å². The Morgan fingerprint density at radius 2 is 1.95 bits per heavy atom. The first kappa shape index (κ1) is 12.2. The Hall–Kier alpha value is -1.88. The lowest BCUT2D eigenvalue weighted by Gasteiger charge is -2.10. The summed E-state index contributed by atoms with van der Waals surface area (Å²) in [6, 6.07) is 7.97. The first-order valence-electron chi connectivity index (χ1n) is 5.94. The second-order valence-electron chi connectivity index (χ2n) is 4.51. The van der Waals surface area contributed by atoms with Gasteiger partial charge in [0.05, 0.1) is 5.69 Å². The lowest BCUT2D eigenvalue weighted by Crippen LogP contribution is -2.02. The minimum absolute atomic E-state index is 0.447. The monoisotopic (exact) mass is 316 g/mol. The van der Waals surface area contributed by atoms with E-state index < -0.39 is 0 Å². The van der Waals surface area contributed by atoms with Crippen LogP contribution in [0, 0.1) is 13.8 Å². The van der Waals surface area contributed by atoms with Crippen molar-refractivity contribution in [3.8, 4) is 5.69 Å². The van der Waals surface area contributed by atoms with Gasteiger partial charge in [0.15, 0.2) is 5.65 Å². The fourth-order valence-electron chi connectivity index (χ4n) is 2.15. The van der Waals surface area contributed by atoms with Crippen LogP contribution >= 0.6 is 15.9 Å². The molecule has 3 rings (SSSR count). The number of halogens is 1. The van der Waals surface area contributed by atoms with Crippen LogP contribution in [-0.4, -0.2) is 14.5 Å². The quantitative estimate of drug-likeness (QED) is 0.748. The molecule has 4 nitrogen and oxygen atoms in total.